The Morgan fingerprint density at radius 2 is 2.10 bits per heavy atom. The van der Waals surface area contributed by atoms with Crippen LogP contribution in [0.25, 0.3) is 0 Å². The van der Waals surface area contributed by atoms with Crippen LogP contribution in [0.4, 0.5) is 4.39 Å². The fourth-order valence-corrected chi connectivity index (χ4v) is 2.64. The molecule has 0 aliphatic heterocycles. The summed E-state index contributed by atoms with van der Waals surface area (Å²) in [5, 5.41) is 7.81. The van der Waals surface area contributed by atoms with E-state index in [9.17, 15) is 4.39 Å². The van der Waals surface area contributed by atoms with Gasteiger partial charge in [0.25, 0.3) is 0 Å². The van der Waals surface area contributed by atoms with Crippen LogP contribution in [0, 0.1) is 19.7 Å². The minimum Gasteiger partial charge on any atom is -0.312 e. The minimum absolute atomic E-state index is 0.219. The van der Waals surface area contributed by atoms with Gasteiger partial charge in [-0.2, -0.15) is 5.10 Å². The van der Waals surface area contributed by atoms with Gasteiger partial charge in [-0.1, -0.05) is 6.07 Å². The fourth-order valence-electron chi connectivity index (χ4n) is 2.21. The molecule has 1 aromatic heterocycles. The summed E-state index contributed by atoms with van der Waals surface area (Å²) in [5.74, 6) is -0.219. The molecule has 5 heteroatoms. The Balaban J connectivity index is 1.86. The second kappa shape index (κ2) is 6.50. The van der Waals surface area contributed by atoms with Crippen LogP contribution >= 0.6 is 15.9 Å². The Bertz CT molecular complexity index is 607. The molecule has 0 aliphatic rings. The number of aromatic nitrogens is 2. The summed E-state index contributed by atoms with van der Waals surface area (Å²) in [5.41, 5.74) is 4.64. The smallest absolute Gasteiger partial charge is 0.137 e. The van der Waals surface area contributed by atoms with Gasteiger partial charge in [0.2, 0.25) is 0 Å². The van der Waals surface area contributed by atoms with E-state index in [-0.39, 0.29) is 5.82 Å². The molecular formula is C15H19BrFN3. The first-order chi connectivity index (χ1) is 9.49. The van der Waals surface area contributed by atoms with E-state index in [0.717, 1.165) is 30.8 Å². The van der Waals surface area contributed by atoms with E-state index < -0.39 is 0 Å². The predicted octanol–water partition coefficient (Wildman–Crippen LogP) is 3.27. The Morgan fingerprint density at radius 1 is 1.35 bits per heavy atom. The number of benzene rings is 1. The minimum atomic E-state index is -0.219. The van der Waals surface area contributed by atoms with Gasteiger partial charge in [0.1, 0.15) is 5.82 Å². The van der Waals surface area contributed by atoms with Crippen molar-refractivity contribution >= 4 is 15.9 Å². The number of nitrogens with zero attached hydrogens (tertiary/aromatic N) is 2. The zero-order valence-electron chi connectivity index (χ0n) is 12.0. The highest BCUT2D eigenvalue weighted by atomic mass is 79.9. The van der Waals surface area contributed by atoms with Crippen molar-refractivity contribution in [3.05, 3.63) is 51.0 Å². The molecule has 0 saturated heterocycles. The van der Waals surface area contributed by atoms with Gasteiger partial charge in [-0.15, -0.1) is 0 Å². The first-order valence-electron chi connectivity index (χ1n) is 6.62. The molecule has 0 aliphatic carbocycles. The first-order valence-corrected chi connectivity index (χ1v) is 7.42. The number of hydrogen-bond acceptors (Lipinski definition) is 2. The number of hydrogen-bond donors (Lipinski definition) is 1. The molecule has 0 saturated carbocycles. The van der Waals surface area contributed by atoms with Gasteiger partial charge in [0.15, 0.2) is 0 Å². The van der Waals surface area contributed by atoms with Crippen molar-refractivity contribution < 1.29 is 4.39 Å². The maximum atomic E-state index is 13.1. The third-order valence-corrected chi connectivity index (χ3v) is 4.14. The Labute approximate surface area is 127 Å². The van der Waals surface area contributed by atoms with Crippen LogP contribution in [0.5, 0.6) is 0 Å². The average molecular weight is 340 g/mol. The van der Waals surface area contributed by atoms with Gasteiger partial charge < -0.3 is 5.32 Å². The molecule has 1 heterocycles. The zero-order valence-corrected chi connectivity index (χ0v) is 13.6. The standard InChI is InChI=1S/C15H19BrFN3/c1-10-13(11(2)20(3)19-10)9-18-7-6-12-4-5-15(17)14(16)8-12/h4-5,8,18H,6-7,9H2,1-3H3. The molecule has 0 amide bonds. The molecule has 0 unspecified atom stereocenters. The third-order valence-electron chi connectivity index (χ3n) is 3.54. The van der Waals surface area contributed by atoms with Crippen LogP contribution in [0.2, 0.25) is 0 Å². The maximum Gasteiger partial charge on any atom is 0.137 e. The van der Waals surface area contributed by atoms with Crippen LogP contribution in [0.15, 0.2) is 22.7 Å². The van der Waals surface area contributed by atoms with Gasteiger partial charge in [0, 0.05) is 24.8 Å². The highest BCUT2D eigenvalue weighted by Gasteiger charge is 2.08. The van der Waals surface area contributed by atoms with E-state index in [1.165, 1.54) is 17.3 Å². The third kappa shape index (κ3) is 3.46. The Kier molecular flexibility index (Phi) is 4.94. The van der Waals surface area contributed by atoms with Crippen molar-refractivity contribution in [3.8, 4) is 0 Å². The van der Waals surface area contributed by atoms with Gasteiger partial charge in [0.05, 0.1) is 10.2 Å². The lowest BCUT2D eigenvalue weighted by molar-refractivity contribution is 0.619. The molecule has 0 atom stereocenters. The summed E-state index contributed by atoms with van der Waals surface area (Å²) < 4.78 is 15.6. The van der Waals surface area contributed by atoms with Crippen LogP contribution in [0.1, 0.15) is 22.5 Å². The highest BCUT2D eigenvalue weighted by molar-refractivity contribution is 9.10. The summed E-state index contributed by atoms with van der Waals surface area (Å²) in [7, 11) is 1.96. The molecule has 0 fully saturated rings. The van der Waals surface area contributed by atoms with Gasteiger partial charge in [-0.05, 0) is 60.4 Å². The molecule has 1 N–H and O–H groups in total. The zero-order chi connectivity index (χ0) is 14.7. The molecule has 2 rings (SSSR count). The summed E-state index contributed by atoms with van der Waals surface area (Å²) in [6, 6.07) is 5.15. The van der Waals surface area contributed by atoms with Crippen molar-refractivity contribution in [2.75, 3.05) is 6.54 Å². The van der Waals surface area contributed by atoms with Crippen LogP contribution in [0.3, 0.4) is 0 Å². The predicted molar refractivity (Wildman–Crippen MR) is 82.2 cm³/mol. The summed E-state index contributed by atoms with van der Waals surface area (Å²) in [4.78, 5) is 0. The SMILES string of the molecule is Cc1nn(C)c(C)c1CNCCc1ccc(F)c(Br)c1. The molecule has 108 valence electrons. The first kappa shape index (κ1) is 15.2. The largest absolute Gasteiger partial charge is 0.312 e. The molecule has 1 aromatic carbocycles. The lowest BCUT2D eigenvalue weighted by Crippen LogP contribution is -2.17. The number of nitrogens with one attached hydrogen (secondary N) is 1. The molecule has 20 heavy (non-hydrogen) atoms. The van der Waals surface area contributed by atoms with Crippen molar-refractivity contribution in [3.63, 3.8) is 0 Å². The van der Waals surface area contributed by atoms with Crippen molar-refractivity contribution in [1.29, 1.82) is 0 Å². The van der Waals surface area contributed by atoms with Crippen LogP contribution in [-0.4, -0.2) is 16.3 Å². The lowest BCUT2D eigenvalue weighted by atomic mass is 10.1. The monoisotopic (exact) mass is 339 g/mol. The molecule has 0 spiro atoms. The summed E-state index contributed by atoms with van der Waals surface area (Å²) in [6.45, 7) is 5.77. The molecule has 2 aromatic rings. The second-order valence-corrected chi connectivity index (χ2v) is 5.80. The second-order valence-electron chi connectivity index (χ2n) is 4.95. The molecule has 3 nitrogen and oxygen atoms in total. The number of aryl methyl sites for hydroxylation is 2. The van der Waals surface area contributed by atoms with Gasteiger partial charge in [-0.25, -0.2) is 4.39 Å². The topological polar surface area (TPSA) is 29.9 Å². The fraction of sp³-hybridized carbons (Fsp3) is 0.400. The molecule has 0 bridgehead atoms. The van der Waals surface area contributed by atoms with Gasteiger partial charge in [-0.3, -0.25) is 4.68 Å². The Morgan fingerprint density at radius 3 is 2.70 bits per heavy atom. The van der Waals surface area contributed by atoms with Crippen molar-refractivity contribution in [2.45, 2.75) is 26.8 Å². The number of rotatable bonds is 5. The van der Waals surface area contributed by atoms with E-state index in [4.69, 9.17) is 0 Å². The molecule has 0 radical (unpaired) electrons. The van der Waals surface area contributed by atoms with Crippen molar-refractivity contribution in [2.24, 2.45) is 7.05 Å². The average Bonchev–Trinajstić information content (AvgIpc) is 2.64. The lowest BCUT2D eigenvalue weighted by Gasteiger charge is -2.06. The quantitative estimate of drug-likeness (QED) is 0.847. The normalized spacial score (nSPS) is 11.1. The summed E-state index contributed by atoms with van der Waals surface area (Å²) in [6.07, 6.45) is 0.872. The van der Waals surface area contributed by atoms with Crippen LogP contribution < -0.4 is 5.32 Å². The Hall–Kier alpha value is -1.20. The van der Waals surface area contributed by atoms with E-state index in [2.05, 4.69) is 33.3 Å². The number of halogens is 2. The van der Waals surface area contributed by atoms with E-state index in [0.29, 0.717) is 4.47 Å². The van der Waals surface area contributed by atoms with Gasteiger partial charge >= 0.3 is 0 Å². The summed E-state index contributed by atoms with van der Waals surface area (Å²) >= 11 is 3.21. The van der Waals surface area contributed by atoms with E-state index in [1.54, 1.807) is 0 Å². The van der Waals surface area contributed by atoms with Crippen molar-refractivity contribution in [1.82, 2.24) is 15.1 Å². The highest BCUT2D eigenvalue weighted by Crippen LogP contribution is 2.17. The maximum absolute atomic E-state index is 13.1. The van der Waals surface area contributed by atoms with E-state index in [1.807, 2.05) is 30.8 Å². The van der Waals surface area contributed by atoms with Crippen LogP contribution in [-0.2, 0) is 20.0 Å². The van der Waals surface area contributed by atoms with E-state index >= 15 is 0 Å². The molecular weight excluding hydrogens is 321 g/mol.